The van der Waals surface area contributed by atoms with Gasteiger partial charge in [0.05, 0.1) is 16.3 Å². The van der Waals surface area contributed by atoms with E-state index in [-0.39, 0.29) is 11.7 Å². The van der Waals surface area contributed by atoms with Crippen molar-refractivity contribution in [3.05, 3.63) is 53.2 Å². The zero-order valence-electron chi connectivity index (χ0n) is 12.6. The van der Waals surface area contributed by atoms with E-state index in [1.54, 1.807) is 0 Å². The first kappa shape index (κ1) is 17.3. The Bertz CT molecular complexity index is 699. The maximum Gasteiger partial charge on any atom is 0.417 e. The van der Waals surface area contributed by atoms with Crippen LogP contribution in [-0.2, 0) is 11.0 Å². The molecule has 2 aromatic rings. The van der Waals surface area contributed by atoms with Gasteiger partial charge >= 0.3 is 6.18 Å². The first-order valence-corrected chi connectivity index (χ1v) is 7.77. The molecule has 0 atom stereocenters. The van der Waals surface area contributed by atoms with E-state index in [1.807, 2.05) is 32.0 Å². The Morgan fingerprint density at radius 2 is 1.96 bits per heavy atom. The normalized spacial score (nSPS) is 11.3. The van der Waals surface area contributed by atoms with E-state index >= 15 is 0 Å². The maximum atomic E-state index is 12.4. The van der Waals surface area contributed by atoms with Crippen molar-refractivity contribution in [2.45, 2.75) is 25.0 Å². The summed E-state index contributed by atoms with van der Waals surface area (Å²) in [6.07, 6.45) is -3.64. The molecule has 2 rings (SSSR count). The zero-order valence-corrected chi connectivity index (χ0v) is 13.4. The molecule has 0 fully saturated rings. The van der Waals surface area contributed by atoms with Crippen molar-refractivity contribution < 1.29 is 18.0 Å². The van der Waals surface area contributed by atoms with Crippen LogP contribution < -0.4 is 5.32 Å². The number of alkyl halides is 3. The first-order valence-electron chi connectivity index (χ1n) is 6.79. The summed E-state index contributed by atoms with van der Waals surface area (Å²) in [5, 5.41) is 3.14. The number of rotatable bonds is 4. The molecule has 3 nitrogen and oxygen atoms in total. The molecule has 0 spiro atoms. The Hall–Kier alpha value is -2.02. The van der Waals surface area contributed by atoms with Crippen molar-refractivity contribution >= 4 is 23.4 Å². The van der Waals surface area contributed by atoms with Gasteiger partial charge in [-0.1, -0.05) is 29.5 Å². The largest absolute Gasteiger partial charge is 0.417 e. The number of carbonyl (C=O) groups excluding carboxylic acids is 1. The average Bonchev–Trinajstić information content (AvgIpc) is 2.47. The minimum absolute atomic E-state index is 0.0751. The van der Waals surface area contributed by atoms with E-state index in [0.29, 0.717) is 5.03 Å². The molecule has 0 radical (unpaired) electrons. The average molecular weight is 340 g/mol. The molecule has 122 valence electrons. The monoisotopic (exact) mass is 340 g/mol. The summed E-state index contributed by atoms with van der Waals surface area (Å²) >= 11 is 1.09. The number of nitrogens with one attached hydrogen (secondary N) is 1. The predicted octanol–water partition coefficient (Wildman–Crippen LogP) is 4.45. The van der Waals surface area contributed by atoms with Crippen molar-refractivity contribution in [1.82, 2.24) is 4.98 Å². The molecule has 1 aromatic carbocycles. The lowest BCUT2D eigenvalue weighted by molar-refractivity contribution is -0.137. The smallest absolute Gasteiger partial charge is 0.325 e. The van der Waals surface area contributed by atoms with Gasteiger partial charge in [-0.15, -0.1) is 0 Å². The van der Waals surface area contributed by atoms with Crippen LogP contribution in [-0.4, -0.2) is 16.6 Å². The zero-order chi connectivity index (χ0) is 17.0. The number of aromatic nitrogens is 1. The summed E-state index contributed by atoms with van der Waals surface area (Å²) < 4.78 is 37.3. The van der Waals surface area contributed by atoms with E-state index in [4.69, 9.17) is 0 Å². The lowest BCUT2D eigenvalue weighted by Gasteiger charge is -2.09. The van der Waals surface area contributed by atoms with Crippen LogP contribution >= 0.6 is 11.8 Å². The Balaban J connectivity index is 1.91. The van der Waals surface area contributed by atoms with Crippen LogP contribution in [0.25, 0.3) is 0 Å². The van der Waals surface area contributed by atoms with Gasteiger partial charge in [0.25, 0.3) is 0 Å². The number of hydrogen-bond donors (Lipinski definition) is 1. The second-order valence-electron chi connectivity index (χ2n) is 5.04. The van der Waals surface area contributed by atoms with Crippen LogP contribution in [0.3, 0.4) is 0 Å². The highest BCUT2D eigenvalue weighted by molar-refractivity contribution is 7.99. The van der Waals surface area contributed by atoms with E-state index in [0.717, 1.165) is 40.8 Å². The molecule has 0 aliphatic carbocycles. The lowest BCUT2D eigenvalue weighted by atomic mass is 10.1. The minimum Gasteiger partial charge on any atom is -0.325 e. The number of nitrogens with zero attached hydrogens (tertiary/aromatic N) is 1. The summed E-state index contributed by atoms with van der Waals surface area (Å²) in [6, 6.07) is 7.90. The summed E-state index contributed by atoms with van der Waals surface area (Å²) in [7, 11) is 0. The fourth-order valence-electron chi connectivity index (χ4n) is 1.91. The van der Waals surface area contributed by atoms with Gasteiger partial charge in [0, 0.05) is 11.9 Å². The molecule has 0 saturated carbocycles. The van der Waals surface area contributed by atoms with Crippen LogP contribution in [0.5, 0.6) is 0 Å². The van der Waals surface area contributed by atoms with Crippen molar-refractivity contribution in [3.8, 4) is 0 Å². The number of halogens is 3. The molecule has 7 heteroatoms. The van der Waals surface area contributed by atoms with Gasteiger partial charge in [0.15, 0.2) is 0 Å². The highest BCUT2D eigenvalue weighted by atomic mass is 32.2. The van der Waals surface area contributed by atoms with Crippen molar-refractivity contribution in [2.24, 2.45) is 0 Å². The number of hydrogen-bond acceptors (Lipinski definition) is 3. The summed E-state index contributed by atoms with van der Waals surface area (Å²) in [4.78, 5) is 15.6. The Morgan fingerprint density at radius 3 is 2.52 bits per heavy atom. The third-order valence-electron chi connectivity index (χ3n) is 3.07. The number of amides is 1. The number of benzene rings is 1. The second kappa shape index (κ2) is 7.04. The molecule has 1 N–H and O–H groups in total. The molecular formula is C16H15F3N2OS. The minimum atomic E-state index is -4.41. The highest BCUT2D eigenvalue weighted by Gasteiger charge is 2.30. The summed E-state index contributed by atoms with van der Waals surface area (Å²) in [6.45, 7) is 3.86. The van der Waals surface area contributed by atoms with E-state index < -0.39 is 11.7 Å². The standard InChI is InChI=1S/C16H15F3N2OS/c1-10-3-5-13(11(2)7-10)21-14(22)9-23-15-6-4-12(8-20-15)16(17,18)19/h3-8H,9H2,1-2H3,(H,21,22). The van der Waals surface area contributed by atoms with Gasteiger partial charge in [-0.2, -0.15) is 13.2 Å². The molecule has 0 unspecified atom stereocenters. The molecular weight excluding hydrogens is 325 g/mol. The van der Waals surface area contributed by atoms with Gasteiger partial charge in [-0.25, -0.2) is 4.98 Å². The molecule has 0 saturated heterocycles. The summed E-state index contributed by atoms with van der Waals surface area (Å²) in [5.41, 5.74) is 1.97. The van der Waals surface area contributed by atoms with Crippen molar-refractivity contribution in [3.63, 3.8) is 0 Å². The number of pyridine rings is 1. The Morgan fingerprint density at radius 1 is 1.22 bits per heavy atom. The van der Waals surface area contributed by atoms with Gasteiger partial charge in [-0.05, 0) is 37.6 Å². The second-order valence-corrected chi connectivity index (χ2v) is 6.03. The topological polar surface area (TPSA) is 42.0 Å². The fraction of sp³-hybridized carbons (Fsp3) is 0.250. The van der Waals surface area contributed by atoms with Crippen LogP contribution in [0.2, 0.25) is 0 Å². The highest BCUT2D eigenvalue weighted by Crippen LogP contribution is 2.29. The van der Waals surface area contributed by atoms with Gasteiger partial charge in [0.2, 0.25) is 5.91 Å². The lowest BCUT2D eigenvalue weighted by Crippen LogP contribution is -2.15. The van der Waals surface area contributed by atoms with E-state index in [9.17, 15) is 18.0 Å². The maximum absolute atomic E-state index is 12.4. The number of thioether (sulfide) groups is 1. The number of aryl methyl sites for hydroxylation is 2. The third-order valence-corrected chi connectivity index (χ3v) is 4.01. The van der Waals surface area contributed by atoms with E-state index in [1.165, 1.54) is 6.07 Å². The Kier molecular flexibility index (Phi) is 5.30. The molecule has 0 bridgehead atoms. The molecule has 1 amide bonds. The van der Waals surface area contributed by atoms with Gasteiger partial charge in [0.1, 0.15) is 0 Å². The quantitative estimate of drug-likeness (QED) is 0.836. The van der Waals surface area contributed by atoms with Gasteiger partial charge in [-0.3, -0.25) is 4.79 Å². The Labute approximate surface area is 136 Å². The van der Waals surface area contributed by atoms with Gasteiger partial charge < -0.3 is 5.32 Å². The summed E-state index contributed by atoms with van der Waals surface area (Å²) in [5.74, 6) is -0.158. The number of carbonyl (C=O) groups is 1. The molecule has 1 aromatic heterocycles. The first-order chi connectivity index (χ1) is 10.8. The predicted molar refractivity (Wildman–Crippen MR) is 84.5 cm³/mol. The number of anilines is 1. The van der Waals surface area contributed by atoms with Crippen LogP contribution in [0.4, 0.5) is 18.9 Å². The molecule has 1 heterocycles. The van der Waals surface area contributed by atoms with Crippen LogP contribution in [0, 0.1) is 13.8 Å². The third kappa shape index (κ3) is 4.99. The molecule has 0 aliphatic rings. The van der Waals surface area contributed by atoms with E-state index in [2.05, 4.69) is 10.3 Å². The fourth-order valence-corrected chi connectivity index (χ4v) is 2.56. The van der Waals surface area contributed by atoms with Crippen LogP contribution in [0.1, 0.15) is 16.7 Å². The van der Waals surface area contributed by atoms with Crippen LogP contribution in [0.15, 0.2) is 41.6 Å². The van der Waals surface area contributed by atoms with Crippen molar-refractivity contribution in [2.75, 3.05) is 11.1 Å². The SMILES string of the molecule is Cc1ccc(NC(=O)CSc2ccc(C(F)(F)F)cn2)c(C)c1. The molecule has 23 heavy (non-hydrogen) atoms. The van der Waals surface area contributed by atoms with Crippen molar-refractivity contribution in [1.29, 1.82) is 0 Å². The molecule has 0 aliphatic heterocycles.